The molecular weight excluding hydrogens is 162 g/mol. The molecule has 1 atom stereocenters. The molecule has 0 aliphatic heterocycles. The monoisotopic (exact) mass is 183 g/mol. The number of amides is 1. The number of rotatable bonds is 4. The lowest BCUT2D eigenvalue weighted by Crippen LogP contribution is -2.32. The van der Waals surface area contributed by atoms with Gasteiger partial charge in [0.15, 0.2) is 0 Å². The Kier molecular flexibility index (Phi) is 5.44. The first-order valence-corrected chi connectivity index (χ1v) is 4.82. The van der Waals surface area contributed by atoms with Crippen LogP contribution in [0, 0.1) is 0 Å². The molecule has 0 spiro atoms. The van der Waals surface area contributed by atoms with Gasteiger partial charge >= 0.3 is 0 Å². The van der Waals surface area contributed by atoms with Crippen molar-refractivity contribution in [1.82, 2.24) is 4.90 Å². The maximum Gasteiger partial charge on any atom is 0.219 e. The standard InChI is InChI=1S/C11H21NO/c1-9(2)7-6-8-10(3)12(5)11(4)13/h7,10H,6,8H2,1-5H3. The van der Waals surface area contributed by atoms with Crippen molar-refractivity contribution in [3.05, 3.63) is 11.6 Å². The van der Waals surface area contributed by atoms with Gasteiger partial charge in [0.1, 0.15) is 0 Å². The average molecular weight is 183 g/mol. The van der Waals surface area contributed by atoms with E-state index in [0.29, 0.717) is 6.04 Å². The molecule has 76 valence electrons. The summed E-state index contributed by atoms with van der Waals surface area (Å²) in [6.45, 7) is 7.89. The van der Waals surface area contributed by atoms with Gasteiger partial charge < -0.3 is 4.90 Å². The maximum absolute atomic E-state index is 11.0. The summed E-state index contributed by atoms with van der Waals surface area (Å²) in [5, 5.41) is 0. The third-order valence-corrected chi connectivity index (χ3v) is 2.29. The second-order valence-corrected chi connectivity index (χ2v) is 3.84. The normalized spacial score (nSPS) is 12.1. The Morgan fingerprint density at radius 1 is 1.38 bits per heavy atom. The van der Waals surface area contributed by atoms with Crippen molar-refractivity contribution in [2.24, 2.45) is 0 Å². The Hall–Kier alpha value is -0.790. The highest BCUT2D eigenvalue weighted by Gasteiger charge is 2.09. The lowest BCUT2D eigenvalue weighted by atomic mass is 10.1. The van der Waals surface area contributed by atoms with E-state index in [1.165, 1.54) is 5.57 Å². The predicted molar refractivity (Wildman–Crippen MR) is 56.6 cm³/mol. The summed E-state index contributed by atoms with van der Waals surface area (Å²) in [6.07, 6.45) is 4.31. The molecule has 0 aliphatic rings. The van der Waals surface area contributed by atoms with Gasteiger partial charge in [0.25, 0.3) is 0 Å². The van der Waals surface area contributed by atoms with Crippen molar-refractivity contribution >= 4 is 5.91 Å². The van der Waals surface area contributed by atoms with Crippen LogP contribution in [0.5, 0.6) is 0 Å². The van der Waals surface area contributed by atoms with Crippen molar-refractivity contribution in [3.63, 3.8) is 0 Å². The molecule has 0 radical (unpaired) electrons. The quantitative estimate of drug-likeness (QED) is 0.613. The summed E-state index contributed by atoms with van der Waals surface area (Å²) in [5.74, 6) is 0.143. The summed E-state index contributed by atoms with van der Waals surface area (Å²) >= 11 is 0. The van der Waals surface area contributed by atoms with E-state index < -0.39 is 0 Å². The Morgan fingerprint density at radius 3 is 2.31 bits per heavy atom. The summed E-state index contributed by atoms with van der Waals surface area (Å²) < 4.78 is 0. The van der Waals surface area contributed by atoms with Gasteiger partial charge in [0.2, 0.25) is 5.91 Å². The highest BCUT2D eigenvalue weighted by atomic mass is 16.2. The van der Waals surface area contributed by atoms with Gasteiger partial charge in [-0.25, -0.2) is 0 Å². The van der Waals surface area contributed by atoms with Gasteiger partial charge in [-0.05, 0) is 33.6 Å². The van der Waals surface area contributed by atoms with Gasteiger partial charge in [-0.3, -0.25) is 4.79 Å². The van der Waals surface area contributed by atoms with E-state index in [9.17, 15) is 4.79 Å². The van der Waals surface area contributed by atoms with Crippen LogP contribution >= 0.6 is 0 Å². The predicted octanol–water partition coefficient (Wildman–Crippen LogP) is 2.60. The van der Waals surface area contributed by atoms with E-state index in [1.807, 2.05) is 7.05 Å². The zero-order valence-electron chi connectivity index (χ0n) is 9.42. The van der Waals surface area contributed by atoms with Crippen LogP contribution in [-0.2, 0) is 4.79 Å². The summed E-state index contributed by atoms with van der Waals surface area (Å²) in [5.41, 5.74) is 1.35. The second-order valence-electron chi connectivity index (χ2n) is 3.84. The van der Waals surface area contributed by atoms with E-state index in [0.717, 1.165) is 12.8 Å². The molecule has 0 saturated heterocycles. The second kappa shape index (κ2) is 5.79. The molecule has 2 heteroatoms. The van der Waals surface area contributed by atoms with Gasteiger partial charge in [-0.15, -0.1) is 0 Å². The summed E-state index contributed by atoms with van der Waals surface area (Å²) in [6, 6.07) is 0.341. The molecule has 0 bridgehead atoms. The van der Waals surface area contributed by atoms with Crippen molar-refractivity contribution < 1.29 is 4.79 Å². The molecule has 1 amide bonds. The van der Waals surface area contributed by atoms with Crippen molar-refractivity contribution in [3.8, 4) is 0 Å². The first-order valence-electron chi connectivity index (χ1n) is 4.82. The van der Waals surface area contributed by atoms with E-state index in [1.54, 1.807) is 11.8 Å². The first kappa shape index (κ1) is 12.2. The molecule has 0 aromatic rings. The fourth-order valence-corrected chi connectivity index (χ4v) is 1.12. The van der Waals surface area contributed by atoms with Gasteiger partial charge in [-0.2, -0.15) is 0 Å². The molecule has 0 aliphatic carbocycles. The maximum atomic E-state index is 11.0. The van der Waals surface area contributed by atoms with Gasteiger partial charge in [-0.1, -0.05) is 11.6 Å². The fourth-order valence-electron chi connectivity index (χ4n) is 1.12. The Labute approximate surface area is 81.6 Å². The Morgan fingerprint density at radius 2 is 1.92 bits per heavy atom. The highest BCUT2D eigenvalue weighted by Crippen LogP contribution is 2.06. The largest absolute Gasteiger partial charge is 0.343 e. The van der Waals surface area contributed by atoms with Crippen LogP contribution in [0.3, 0.4) is 0 Å². The molecule has 2 nitrogen and oxygen atoms in total. The third-order valence-electron chi connectivity index (χ3n) is 2.29. The molecule has 0 rings (SSSR count). The van der Waals surface area contributed by atoms with E-state index >= 15 is 0 Å². The van der Waals surface area contributed by atoms with E-state index in [2.05, 4.69) is 26.8 Å². The lowest BCUT2D eigenvalue weighted by Gasteiger charge is -2.22. The Bertz CT molecular complexity index is 192. The number of carbonyl (C=O) groups is 1. The summed E-state index contributed by atoms with van der Waals surface area (Å²) in [7, 11) is 1.86. The van der Waals surface area contributed by atoms with Crippen LogP contribution < -0.4 is 0 Å². The topological polar surface area (TPSA) is 20.3 Å². The molecule has 0 heterocycles. The molecule has 0 N–H and O–H groups in total. The minimum absolute atomic E-state index is 0.143. The van der Waals surface area contributed by atoms with E-state index in [-0.39, 0.29) is 5.91 Å². The zero-order chi connectivity index (χ0) is 10.4. The fraction of sp³-hybridized carbons (Fsp3) is 0.727. The molecule has 0 fully saturated rings. The summed E-state index contributed by atoms with van der Waals surface area (Å²) in [4.78, 5) is 12.8. The lowest BCUT2D eigenvalue weighted by molar-refractivity contribution is -0.129. The molecular formula is C11H21NO. The van der Waals surface area contributed by atoms with Crippen LogP contribution in [0.4, 0.5) is 0 Å². The van der Waals surface area contributed by atoms with Gasteiger partial charge in [0.05, 0.1) is 0 Å². The molecule has 0 saturated carbocycles. The zero-order valence-corrected chi connectivity index (χ0v) is 9.42. The molecule has 1 unspecified atom stereocenters. The Balaban J connectivity index is 3.81. The molecule has 0 aromatic carbocycles. The molecule has 13 heavy (non-hydrogen) atoms. The molecule has 0 aromatic heterocycles. The number of hydrogen-bond donors (Lipinski definition) is 0. The van der Waals surface area contributed by atoms with Crippen LogP contribution in [0.25, 0.3) is 0 Å². The minimum Gasteiger partial charge on any atom is -0.343 e. The number of carbonyl (C=O) groups excluding carboxylic acids is 1. The highest BCUT2D eigenvalue weighted by molar-refractivity contribution is 5.73. The smallest absolute Gasteiger partial charge is 0.219 e. The van der Waals surface area contributed by atoms with Crippen LogP contribution in [0.2, 0.25) is 0 Å². The average Bonchev–Trinajstić information content (AvgIpc) is 2.02. The van der Waals surface area contributed by atoms with E-state index in [4.69, 9.17) is 0 Å². The number of hydrogen-bond acceptors (Lipinski definition) is 1. The van der Waals surface area contributed by atoms with Crippen LogP contribution in [0.1, 0.15) is 40.5 Å². The third kappa shape index (κ3) is 5.45. The number of allylic oxidation sites excluding steroid dienone is 2. The van der Waals surface area contributed by atoms with Crippen molar-refractivity contribution in [2.45, 2.75) is 46.6 Å². The van der Waals surface area contributed by atoms with Crippen LogP contribution in [-0.4, -0.2) is 23.9 Å². The van der Waals surface area contributed by atoms with Crippen LogP contribution in [0.15, 0.2) is 11.6 Å². The SMILES string of the molecule is CC(=O)N(C)C(C)CCC=C(C)C. The van der Waals surface area contributed by atoms with Gasteiger partial charge in [0, 0.05) is 20.0 Å². The number of nitrogens with zero attached hydrogens (tertiary/aromatic N) is 1. The van der Waals surface area contributed by atoms with Crippen molar-refractivity contribution in [1.29, 1.82) is 0 Å². The first-order chi connectivity index (χ1) is 5.95. The van der Waals surface area contributed by atoms with Crippen molar-refractivity contribution in [2.75, 3.05) is 7.05 Å². The minimum atomic E-state index is 0.143.